The van der Waals surface area contributed by atoms with Crippen LogP contribution in [0, 0.1) is 28.6 Å². The molecular formula is C30H29F3N5O5-. The van der Waals surface area contributed by atoms with Gasteiger partial charge in [-0.1, -0.05) is 0 Å². The number of nitrogens with zero attached hydrogens (tertiary/aromatic N) is 2. The molecule has 0 radical (unpaired) electrons. The number of rotatable bonds is 10. The van der Waals surface area contributed by atoms with E-state index in [4.69, 9.17) is 14.2 Å². The van der Waals surface area contributed by atoms with E-state index >= 15 is 0 Å². The summed E-state index contributed by atoms with van der Waals surface area (Å²) in [6.45, 7) is 2.18. The Labute approximate surface area is 245 Å². The zero-order chi connectivity index (χ0) is 30.3. The molecule has 1 aliphatic rings. The molecule has 13 heteroatoms. The third-order valence-electron chi connectivity index (χ3n) is 6.85. The van der Waals surface area contributed by atoms with Gasteiger partial charge in [0.1, 0.15) is 17.4 Å². The molecule has 1 aliphatic heterocycles. The fourth-order valence-corrected chi connectivity index (χ4v) is 4.65. The first kappa shape index (κ1) is 29.7. The molecule has 0 unspecified atom stereocenters. The quantitative estimate of drug-likeness (QED) is 0.195. The van der Waals surface area contributed by atoms with Crippen molar-refractivity contribution in [2.45, 2.75) is 19.4 Å². The Morgan fingerprint density at radius 1 is 1.00 bits per heavy atom. The summed E-state index contributed by atoms with van der Waals surface area (Å²) in [7, 11) is 1.53. The van der Waals surface area contributed by atoms with Gasteiger partial charge in [-0.25, -0.2) is 18.0 Å². The number of carbonyl (C=O) groups is 1. The molecule has 1 saturated heterocycles. The zero-order valence-electron chi connectivity index (χ0n) is 23.2. The number of carbonyl (C=O) groups excluding carboxylic acids is 1. The second-order valence-corrected chi connectivity index (χ2v) is 9.92. The highest BCUT2D eigenvalue weighted by Crippen LogP contribution is 2.38. The molecule has 2 amide bonds. The van der Waals surface area contributed by atoms with E-state index in [2.05, 4.69) is 21.0 Å². The summed E-state index contributed by atoms with van der Waals surface area (Å²) in [6, 6.07) is 10.2. The highest BCUT2D eigenvalue weighted by atomic mass is 19.1. The summed E-state index contributed by atoms with van der Waals surface area (Å²) in [5, 5.41) is 18.1. The number of fused-ring (bicyclic) bond motifs is 1. The van der Waals surface area contributed by atoms with Crippen molar-refractivity contribution >= 4 is 22.6 Å². The first-order valence-electron chi connectivity index (χ1n) is 13.5. The van der Waals surface area contributed by atoms with Crippen molar-refractivity contribution < 1.29 is 32.2 Å². The van der Waals surface area contributed by atoms with Gasteiger partial charge in [0.15, 0.2) is 23.1 Å². The number of aromatic nitrogens is 1. The van der Waals surface area contributed by atoms with Crippen LogP contribution in [-0.2, 0) is 6.54 Å². The van der Waals surface area contributed by atoms with Crippen molar-refractivity contribution in [3.8, 4) is 23.0 Å². The van der Waals surface area contributed by atoms with Crippen LogP contribution in [0.15, 0.2) is 60.8 Å². The van der Waals surface area contributed by atoms with E-state index in [1.165, 1.54) is 25.4 Å². The lowest BCUT2D eigenvalue weighted by Crippen LogP contribution is -2.39. The Kier molecular flexibility index (Phi) is 9.32. The number of hydrazine groups is 1. The molecule has 0 saturated carbocycles. The average molecular weight is 597 g/mol. The van der Waals surface area contributed by atoms with Crippen LogP contribution in [0.2, 0.25) is 0 Å². The topological polar surface area (TPSA) is 120 Å². The number of halogens is 3. The van der Waals surface area contributed by atoms with Crippen molar-refractivity contribution in [2.24, 2.45) is 5.92 Å². The van der Waals surface area contributed by atoms with Crippen LogP contribution in [0.3, 0.4) is 0 Å². The van der Waals surface area contributed by atoms with Gasteiger partial charge < -0.3 is 40.6 Å². The molecule has 5 rings (SSSR count). The number of urea groups is 1. The number of methoxy groups -OCH3 is 1. The second kappa shape index (κ2) is 13.5. The molecule has 1 fully saturated rings. The van der Waals surface area contributed by atoms with Crippen molar-refractivity contribution in [3.05, 3.63) is 89.0 Å². The van der Waals surface area contributed by atoms with Crippen molar-refractivity contribution in [1.29, 1.82) is 0 Å². The largest absolute Gasteiger partial charge is 0.735 e. The number of hydroxylamine groups is 1. The fraction of sp³-hybridized carbons (Fsp3) is 0.267. The Morgan fingerprint density at radius 2 is 1.77 bits per heavy atom. The van der Waals surface area contributed by atoms with Crippen molar-refractivity contribution in [1.82, 2.24) is 20.8 Å². The third-order valence-corrected chi connectivity index (χ3v) is 6.85. The predicted molar refractivity (Wildman–Crippen MR) is 153 cm³/mol. The van der Waals surface area contributed by atoms with Gasteiger partial charge in [-0.2, -0.15) is 0 Å². The SMILES string of the molecule is COc1cc2c(Oc3ccc(NN([O-])C(=O)NCc4cc(F)cc(F)c4)cc3F)ccnc2cc1OCC1CCNCC1. The maximum Gasteiger partial charge on any atom is 0.325 e. The van der Waals surface area contributed by atoms with Crippen LogP contribution >= 0.6 is 0 Å². The number of amides is 2. The van der Waals surface area contributed by atoms with Crippen molar-refractivity contribution in [2.75, 3.05) is 32.2 Å². The zero-order valence-corrected chi connectivity index (χ0v) is 23.2. The number of benzene rings is 3. The average Bonchev–Trinajstić information content (AvgIpc) is 2.99. The summed E-state index contributed by atoms with van der Waals surface area (Å²) in [5.41, 5.74) is 2.84. The van der Waals surface area contributed by atoms with Gasteiger partial charge >= 0.3 is 6.03 Å². The molecule has 0 atom stereocenters. The minimum atomic E-state index is -1.15. The highest BCUT2D eigenvalue weighted by Gasteiger charge is 2.17. The van der Waals surface area contributed by atoms with E-state index in [-0.39, 0.29) is 28.7 Å². The standard InChI is InChI=1S/C30H29F3N5O5/c1-41-28-14-23-25(15-29(28)42-17-18-4-7-34-8-5-18)35-9-6-26(23)43-27-3-2-22(13-24(27)33)37-38(40)30(39)36-16-19-10-20(31)12-21(32)11-19/h2-3,6,9-15,18,34,37H,4-5,7-8,16-17H2,1H3,(H,36,39)/q-1. The van der Waals surface area contributed by atoms with Crippen LogP contribution in [0.4, 0.5) is 23.7 Å². The van der Waals surface area contributed by atoms with Gasteiger partial charge in [0.05, 0.1) is 24.9 Å². The molecule has 1 aromatic heterocycles. The summed E-state index contributed by atoms with van der Waals surface area (Å²) >= 11 is 0. The summed E-state index contributed by atoms with van der Waals surface area (Å²) in [6.07, 6.45) is 3.59. The molecule has 43 heavy (non-hydrogen) atoms. The normalized spacial score (nSPS) is 13.4. The van der Waals surface area contributed by atoms with Gasteiger partial charge in [0.25, 0.3) is 0 Å². The minimum absolute atomic E-state index is 0.0383. The lowest BCUT2D eigenvalue weighted by Gasteiger charge is -2.29. The van der Waals surface area contributed by atoms with Gasteiger partial charge in [-0.3, -0.25) is 4.98 Å². The number of hydrogen-bond donors (Lipinski definition) is 3. The molecule has 226 valence electrons. The number of anilines is 1. The van der Waals surface area contributed by atoms with Crippen LogP contribution in [0.25, 0.3) is 10.9 Å². The van der Waals surface area contributed by atoms with E-state index in [0.717, 1.165) is 44.1 Å². The highest BCUT2D eigenvalue weighted by molar-refractivity contribution is 5.88. The number of ether oxygens (including phenoxy) is 3. The van der Waals surface area contributed by atoms with E-state index in [0.29, 0.717) is 46.7 Å². The van der Waals surface area contributed by atoms with E-state index in [1.54, 1.807) is 18.2 Å². The predicted octanol–water partition coefficient (Wildman–Crippen LogP) is 5.87. The summed E-state index contributed by atoms with van der Waals surface area (Å²) < 4.78 is 59.1. The van der Waals surface area contributed by atoms with E-state index in [9.17, 15) is 23.2 Å². The van der Waals surface area contributed by atoms with Gasteiger partial charge in [0, 0.05) is 36.3 Å². The molecular weight excluding hydrogens is 567 g/mol. The second-order valence-electron chi connectivity index (χ2n) is 9.92. The van der Waals surface area contributed by atoms with E-state index < -0.39 is 23.5 Å². The Morgan fingerprint density at radius 3 is 2.49 bits per heavy atom. The first-order chi connectivity index (χ1) is 20.8. The monoisotopic (exact) mass is 596 g/mol. The first-order valence-corrected chi connectivity index (χ1v) is 13.5. The van der Waals surface area contributed by atoms with Crippen LogP contribution in [-0.4, -0.2) is 43.0 Å². The smallest absolute Gasteiger partial charge is 0.325 e. The minimum Gasteiger partial charge on any atom is -0.735 e. The third kappa shape index (κ3) is 7.56. The molecule has 0 bridgehead atoms. The lowest BCUT2D eigenvalue weighted by molar-refractivity contribution is 0.208. The Hall–Kier alpha value is -4.75. The maximum absolute atomic E-state index is 15.0. The van der Waals surface area contributed by atoms with E-state index in [1.807, 2.05) is 0 Å². The van der Waals surface area contributed by atoms with Gasteiger partial charge in [0.2, 0.25) is 0 Å². The Bertz CT molecular complexity index is 1580. The molecule has 2 heterocycles. The molecule has 0 spiro atoms. The maximum atomic E-state index is 15.0. The molecule has 10 nitrogen and oxygen atoms in total. The van der Waals surface area contributed by atoms with Crippen LogP contribution < -0.4 is 30.3 Å². The van der Waals surface area contributed by atoms with Crippen LogP contribution in [0.1, 0.15) is 18.4 Å². The van der Waals surface area contributed by atoms with Crippen molar-refractivity contribution in [3.63, 3.8) is 0 Å². The summed E-state index contributed by atoms with van der Waals surface area (Å²) in [4.78, 5) is 16.5. The molecule has 3 aromatic carbocycles. The molecule has 4 aromatic rings. The number of piperidine rings is 1. The van der Waals surface area contributed by atoms with Gasteiger partial charge in [-0.15, -0.1) is 0 Å². The summed E-state index contributed by atoms with van der Waals surface area (Å²) in [5.74, 6) is -0.805. The van der Waals surface area contributed by atoms with Crippen LogP contribution in [0.5, 0.6) is 23.0 Å². The number of pyridine rings is 1. The molecule has 0 aliphatic carbocycles. The fourth-order valence-electron chi connectivity index (χ4n) is 4.65. The number of hydrogen-bond acceptors (Lipinski definition) is 8. The number of nitrogens with one attached hydrogen (secondary N) is 3. The lowest BCUT2D eigenvalue weighted by atomic mass is 9.99. The van der Waals surface area contributed by atoms with Gasteiger partial charge in [-0.05, 0) is 73.8 Å². The molecule has 3 N–H and O–H groups in total. The Balaban J connectivity index is 1.24.